The molecule has 0 atom stereocenters. The lowest BCUT2D eigenvalue weighted by molar-refractivity contribution is 0.102. The molecule has 0 radical (unpaired) electrons. The molecule has 3 aromatic rings. The highest BCUT2D eigenvalue weighted by Gasteiger charge is 2.10. The van der Waals surface area contributed by atoms with E-state index in [-0.39, 0.29) is 5.91 Å². The second-order valence-electron chi connectivity index (χ2n) is 5.88. The second kappa shape index (κ2) is 8.21. The minimum Gasteiger partial charge on any atom is -0.380 e. The quantitative estimate of drug-likeness (QED) is 0.604. The number of aromatic nitrogens is 1. The van der Waals surface area contributed by atoms with Crippen LogP contribution in [-0.4, -0.2) is 10.9 Å². The Bertz CT molecular complexity index is 927. The molecule has 0 saturated heterocycles. The number of aryl methyl sites for hydroxylation is 1. The Morgan fingerprint density at radius 2 is 1.81 bits per heavy atom. The molecule has 2 N–H and O–H groups in total. The van der Waals surface area contributed by atoms with E-state index < -0.39 is 0 Å². The van der Waals surface area contributed by atoms with Crippen molar-refractivity contribution in [1.29, 1.82) is 0 Å². The van der Waals surface area contributed by atoms with Gasteiger partial charge in [0.15, 0.2) is 0 Å². The van der Waals surface area contributed by atoms with E-state index >= 15 is 0 Å². The molecule has 132 valence electrons. The van der Waals surface area contributed by atoms with Gasteiger partial charge < -0.3 is 10.6 Å². The molecule has 1 amide bonds. The number of hydrogen-bond acceptors (Lipinski definition) is 3. The lowest BCUT2D eigenvalue weighted by Crippen LogP contribution is -2.13. The summed E-state index contributed by atoms with van der Waals surface area (Å²) in [5.41, 5.74) is 4.01. The summed E-state index contributed by atoms with van der Waals surface area (Å²) in [4.78, 5) is 16.6. The number of nitrogens with one attached hydrogen (secondary N) is 2. The van der Waals surface area contributed by atoms with E-state index in [1.165, 1.54) is 11.8 Å². The molecule has 1 heterocycles. The van der Waals surface area contributed by atoms with Crippen LogP contribution < -0.4 is 10.6 Å². The van der Waals surface area contributed by atoms with E-state index in [1.54, 1.807) is 30.5 Å². The van der Waals surface area contributed by atoms with Gasteiger partial charge in [-0.1, -0.05) is 53.0 Å². The fourth-order valence-electron chi connectivity index (χ4n) is 2.36. The van der Waals surface area contributed by atoms with E-state index in [0.29, 0.717) is 27.8 Å². The number of carbonyl (C=O) groups is 1. The molecule has 1 aromatic heterocycles. The number of nitrogens with zero attached hydrogens (tertiary/aromatic N) is 1. The molecule has 0 fully saturated rings. The summed E-state index contributed by atoms with van der Waals surface area (Å²) in [5, 5.41) is 6.94. The third-order valence-electron chi connectivity index (χ3n) is 3.79. The van der Waals surface area contributed by atoms with E-state index in [2.05, 4.69) is 46.8 Å². The highest BCUT2D eigenvalue weighted by molar-refractivity contribution is 6.35. The number of rotatable bonds is 5. The van der Waals surface area contributed by atoms with Gasteiger partial charge >= 0.3 is 0 Å². The molecule has 6 heteroatoms. The minimum absolute atomic E-state index is 0.305. The van der Waals surface area contributed by atoms with E-state index in [9.17, 15) is 4.79 Å². The highest BCUT2D eigenvalue weighted by Crippen LogP contribution is 2.26. The van der Waals surface area contributed by atoms with Crippen molar-refractivity contribution < 1.29 is 4.79 Å². The zero-order valence-electron chi connectivity index (χ0n) is 14.1. The molecule has 2 aromatic carbocycles. The van der Waals surface area contributed by atoms with Crippen LogP contribution in [-0.2, 0) is 6.54 Å². The smallest absolute Gasteiger partial charge is 0.257 e. The van der Waals surface area contributed by atoms with Gasteiger partial charge in [-0.05, 0) is 36.8 Å². The molecule has 0 aliphatic carbocycles. The Balaban J connectivity index is 1.69. The molecule has 0 spiro atoms. The summed E-state index contributed by atoms with van der Waals surface area (Å²) in [6, 6.07) is 14.9. The van der Waals surface area contributed by atoms with Gasteiger partial charge in [-0.3, -0.25) is 9.78 Å². The summed E-state index contributed by atoms with van der Waals surface area (Å²) < 4.78 is 0. The topological polar surface area (TPSA) is 54.0 Å². The van der Waals surface area contributed by atoms with Gasteiger partial charge in [0.2, 0.25) is 0 Å². The van der Waals surface area contributed by atoms with Gasteiger partial charge in [-0.2, -0.15) is 0 Å². The lowest BCUT2D eigenvalue weighted by atomic mass is 10.1. The molecular formula is C20H17Cl2N3O. The molecule has 4 nitrogen and oxygen atoms in total. The van der Waals surface area contributed by atoms with Crippen molar-refractivity contribution >= 4 is 40.5 Å². The van der Waals surface area contributed by atoms with Crippen LogP contribution in [0, 0.1) is 6.92 Å². The second-order valence-corrected chi connectivity index (χ2v) is 6.72. The first-order chi connectivity index (χ1) is 12.5. The van der Waals surface area contributed by atoms with E-state index in [4.69, 9.17) is 23.2 Å². The van der Waals surface area contributed by atoms with Crippen molar-refractivity contribution in [3.8, 4) is 0 Å². The molecule has 3 rings (SSSR count). The van der Waals surface area contributed by atoms with Crippen molar-refractivity contribution in [3.63, 3.8) is 0 Å². The number of pyridine rings is 1. The Kier molecular flexibility index (Phi) is 5.76. The van der Waals surface area contributed by atoms with Crippen molar-refractivity contribution in [2.75, 3.05) is 10.6 Å². The number of carbonyl (C=O) groups excluding carboxylic acids is 1. The summed E-state index contributed by atoms with van der Waals surface area (Å²) >= 11 is 12.0. The average Bonchev–Trinajstić information content (AvgIpc) is 2.64. The van der Waals surface area contributed by atoms with Crippen molar-refractivity contribution in [2.45, 2.75) is 13.5 Å². The monoisotopic (exact) mass is 385 g/mol. The van der Waals surface area contributed by atoms with Crippen LogP contribution in [0.3, 0.4) is 0 Å². The summed E-state index contributed by atoms with van der Waals surface area (Å²) in [6.45, 7) is 2.70. The van der Waals surface area contributed by atoms with Crippen LogP contribution in [0.2, 0.25) is 10.0 Å². The summed E-state index contributed by atoms with van der Waals surface area (Å²) in [5.74, 6) is -0.305. The molecular weight excluding hydrogens is 369 g/mol. The van der Waals surface area contributed by atoms with Crippen LogP contribution in [0.4, 0.5) is 11.4 Å². The van der Waals surface area contributed by atoms with Crippen molar-refractivity contribution in [2.24, 2.45) is 0 Å². The van der Waals surface area contributed by atoms with E-state index in [0.717, 1.165) is 11.3 Å². The Morgan fingerprint density at radius 3 is 2.58 bits per heavy atom. The number of anilines is 2. The Morgan fingerprint density at radius 1 is 1.04 bits per heavy atom. The van der Waals surface area contributed by atoms with Gasteiger partial charge in [0.1, 0.15) is 0 Å². The Hall–Kier alpha value is -2.56. The summed E-state index contributed by atoms with van der Waals surface area (Å²) in [7, 11) is 0. The maximum atomic E-state index is 12.5. The Labute approximate surface area is 162 Å². The molecule has 0 aliphatic rings. The third kappa shape index (κ3) is 4.75. The standard InChI is InChI=1S/C20H17Cl2N3O/c1-13-2-4-14(5-3-13)10-24-17-8-15(11-23-12-17)20(26)25-19-9-16(21)6-7-18(19)22/h2-9,11-12,24H,10H2,1H3,(H,25,26). The molecule has 26 heavy (non-hydrogen) atoms. The van der Waals surface area contributed by atoms with Crippen LogP contribution in [0.1, 0.15) is 21.5 Å². The first kappa shape index (κ1) is 18.2. The average molecular weight is 386 g/mol. The van der Waals surface area contributed by atoms with E-state index in [1.807, 2.05) is 0 Å². The number of halogens is 2. The fraction of sp³-hybridized carbons (Fsp3) is 0.100. The zero-order chi connectivity index (χ0) is 18.5. The fourth-order valence-corrected chi connectivity index (χ4v) is 2.70. The first-order valence-corrected chi connectivity index (χ1v) is 8.78. The van der Waals surface area contributed by atoms with Gasteiger partial charge in [0.25, 0.3) is 5.91 Å². The predicted octanol–water partition coefficient (Wildman–Crippen LogP) is 5.56. The largest absolute Gasteiger partial charge is 0.380 e. The third-order valence-corrected chi connectivity index (χ3v) is 4.36. The first-order valence-electron chi connectivity index (χ1n) is 8.02. The zero-order valence-corrected chi connectivity index (χ0v) is 15.6. The molecule has 0 bridgehead atoms. The van der Waals surface area contributed by atoms with Crippen molar-refractivity contribution in [3.05, 3.63) is 87.7 Å². The molecule has 0 aliphatic heterocycles. The lowest BCUT2D eigenvalue weighted by Gasteiger charge is -2.10. The van der Waals surface area contributed by atoms with Gasteiger partial charge in [0, 0.05) is 24.0 Å². The van der Waals surface area contributed by atoms with Crippen molar-refractivity contribution in [1.82, 2.24) is 4.98 Å². The maximum absolute atomic E-state index is 12.5. The van der Waals surface area contributed by atoms with Crippen LogP contribution in [0.25, 0.3) is 0 Å². The number of amides is 1. The van der Waals surface area contributed by atoms with Gasteiger partial charge in [0.05, 0.1) is 22.0 Å². The molecule has 0 saturated carbocycles. The highest BCUT2D eigenvalue weighted by atomic mass is 35.5. The minimum atomic E-state index is -0.305. The summed E-state index contributed by atoms with van der Waals surface area (Å²) in [6.07, 6.45) is 3.18. The number of hydrogen-bond donors (Lipinski definition) is 2. The maximum Gasteiger partial charge on any atom is 0.257 e. The normalized spacial score (nSPS) is 10.4. The SMILES string of the molecule is Cc1ccc(CNc2cncc(C(=O)Nc3cc(Cl)ccc3Cl)c2)cc1. The predicted molar refractivity (Wildman–Crippen MR) is 107 cm³/mol. The molecule has 0 unspecified atom stereocenters. The van der Waals surface area contributed by atoms with Crippen LogP contribution in [0.15, 0.2) is 60.9 Å². The number of benzene rings is 2. The van der Waals surface area contributed by atoms with Gasteiger partial charge in [-0.25, -0.2) is 0 Å². The van der Waals surface area contributed by atoms with Crippen LogP contribution in [0.5, 0.6) is 0 Å². The van der Waals surface area contributed by atoms with Gasteiger partial charge in [-0.15, -0.1) is 0 Å². The van der Waals surface area contributed by atoms with Crippen LogP contribution >= 0.6 is 23.2 Å².